The summed E-state index contributed by atoms with van der Waals surface area (Å²) in [7, 11) is 0. The molecular weight excluding hydrogens is 830 g/mol. The molecule has 0 spiro atoms. The molecule has 0 aliphatic heterocycles. The van der Waals surface area contributed by atoms with E-state index in [-0.39, 0.29) is 49.0 Å². The van der Waals surface area contributed by atoms with Crippen LogP contribution in [0.3, 0.4) is 0 Å². The van der Waals surface area contributed by atoms with Crippen LogP contribution in [0.25, 0.3) is 22.5 Å². The van der Waals surface area contributed by atoms with E-state index in [1.54, 1.807) is 0 Å². The van der Waals surface area contributed by atoms with Crippen LogP contribution in [0.5, 0.6) is 5.75 Å². The van der Waals surface area contributed by atoms with Crippen LogP contribution in [0, 0.1) is 6.07 Å². The largest absolute Gasteiger partial charge is 0.507 e. The first-order chi connectivity index (χ1) is 24.5. The quantitative estimate of drug-likeness (QED) is 0.162. The van der Waals surface area contributed by atoms with Gasteiger partial charge in [0.15, 0.2) is 0 Å². The Bertz CT molecular complexity index is 2120. The first kappa shape index (κ1) is 39.7. The van der Waals surface area contributed by atoms with Crippen molar-refractivity contribution < 1.29 is 26.2 Å². The Hall–Kier alpha value is -4.53. The molecule has 0 amide bonds. The topological polar surface area (TPSA) is 49.3 Å². The number of aromatic nitrogens is 2. The zero-order chi connectivity index (χ0) is 37.4. The number of nitrogens with zero attached hydrogens (tertiary/aromatic N) is 3. The fourth-order valence-corrected chi connectivity index (χ4v) is 6.55. The number of para-hydroxylation sites is 1. The van der Waals surface area contributed by atoms with Gasteiger partial charge in [-0.1, -0.05) is 136 Å². The molecular formula is C48H52N3OPt-. The summed E-state index contributed by atoms with van der Waals surface area (Å²) in [6, 6.07) is 43.8. The molecule has 0 fully saturated rings. The molecule has 53 heavy (non-hydrogen) atoms. The van der Waals surface area contributed by atoms with Crippen LogP contribution in [0.2, 0.25) is 0 Å². The summed E-state index contributed by atoms with van der Waals surface area (Å²) in [4.78, 5) is 12.3. The van der Waals surface area contributed by atoms with Crippen LogP contribution in [-0.4, -0.2) is 15.1 Å². The van der Waals surface area contributed by atoms with E-state index in [9.17, 15) is 5.11 Å². The summed E-state index contributed by atoms with van der Waals surface area (Å²) >= 11 is 0. The van der Waals surface area contributed by atoms with Crippen LogP contribution in [0.1, 0.15) is 103 Å². The Morgan fingerprint density at radius 2 is 1.21 bits per heavy atom. The van der Waals surface area contributed by atoms with Crippen molar-refractivity contribution in [2.45, 2.75) is 91.4 Å². The summed E-state index contributed by atoms with van der Waals surface area (Å²) in [6.07, 6.45) is 1.83. The molecule has 0 aliphatic rings. The van der Waals surface area contributed by atoms with Crippen molar-refractivity contribution in [2.75, 3.05) is 4.90 Å². The zero-order valence-corrected chi connectivity index (χ0v) is 35.0. The van der Waals surface area contributed by atoms with E-state index in [1.165, 1.54) is 5.56 Å². The van der Waals surface area contributed by atoms with Gasteiger partial charge in [0.05, 0.1) is 5.69 Å². The average Bonchev–Trinajstić information content (AvgIpc) is 3.11. The second-order valence-corrected chi connectivity index (χ2v) is 17.0. The molecule has 4 nitrogen and oxygen atoms in total. The predicted octanol–water partition coefficient (Wildman–Crippen LogP) is 12.8. The second kappa shape index (κ2) is 15.4. The number of anilines is 3. The first-order valence-corrected chi connectivity index (χ1v) is 18.3. The summed E-state index contributed by atoms with van der Waals surface area (Å²) in [5, 5.41) is 12.0. The van der Waals surface area contributed by atoms with Gasteiger partial charge in [-0.05, 0) is 86.6 Å². The minimum Gasteiger partial charge on any atom is -0.507 e. The van der Waals surface area contributed by atoms with Crippen LogP contribution in [0.15, 0.2) is 121 Å². The number of hydrogen-bond donors (Lipinski definition) is 1. The third kappa shape index (κ3) is 8.82. The number of phenols is 1. The smallest absolute Gasteiger partial charge is 0.136 e. The van der Waals surface area contributed by atoms with E-state index < -0.39 is 0 Å². The minimum absolute atomic E-state index is 0. The van der Waals surface area contributed by atoms with E-state index in [2.05, 4.69) is 159 Å². The van der Waals surface area contributed by atoms with Gasteiger partial charge in [-0.25, -0.2) is 4.98 Å². The molecule has 1 atom stereocenters. The molecule has 2 heterocycles. The SMILES string of the molecule is CC(c1ccccc1)c1cc(-c2cc(C(C)(C)C)cc(-c3cc(C(C)(C)C)cc(C(C)(C)C)c3O)n2)[c-]c(N(c2ccccc2)c2ccccn2)c1.[Pt]. The third-order valence-corrected chi connectivity index (χ3v) is 9.84. The Kier molecular flexibility index (Phi) is 11.6. The number of hydrogen-bond acceptors (Lipinski definition) is 4. The summed E-state index contributed by atoms with van der Waals surface area (Å²) < 4.78 is 0. The van der Waals surface area contributed by atoms with Gasteiger partial charge in [0.1, 0.15) is 11.6 Å². The maximum atomic E-state index is 12.0. The maximum Gasteiger partial charge on any atom is 0.136 e. The number of pyridine rings is 2. The van der Waals surface area contributed by atoms with Crippen LogP contribution < -0.4 is 4.90 Å². The zero-order valence-electron chi connectivity index (χ0n) is 32.7. The first-order valence-electron chi connectivity index (χ1n) is 18.3. The molecule has 1 N–H and O–H groups in total. The monoisotopic (exact) mass is 881 g/mol. The van der Waals surface area contributed by atoms with Gasteiger partial charge in [0.25, 0.3) is 0 Å². The molecule has 0 radical (unpaired) electrons. The molecule has 2 aromatic heterocycles. The minimum atomic E-state index is -0.262. The van der Waals surface area contributed by atoms with Gasteiger partial charge >= 0.3 is 0 Å². The van der Waals surface area contributed by atoms with Crippen molar-refractivity contribution >= 4 is 17.2 Å². The Labute approximate surface area is 331 Å². The molecule has 5 heteroatoms. The molecule has 6 rings (SSSR count). The molecule has 0 saturated heterocycles. The van der Waals surface area contributed by atoms with E-state index in [4.69, 9.17) is 9.97 Å². The Balaban J connectivity index is 0.00000541. The van der Waals surface area contributed by atoms with Crippen molar-refractivity contribution in [2.24, 2.45) is 0 Å². The van der Waals surface area contributed by atoms with Crippen molar-refractivity contribution in [3.63, 3.8) is 0 Å². The Morgan fingerprint density at radius 3 is 1.79 bits per heavy atom. The molecule has 4 aromatic carbocycles. The van der Waals surface area contributed by atoms with Crippen molar-refractivity contribution in [1.82, 2.24) is 9.97 Å². The molecule has 276 valence electrons. The normalized spacial score (nSPS) is 12.6. The summed E-state index contributed by atoms with van der Waals surface area (Å²) in [5.41, 5.74) is 10.1. The van der Waals surface area contributed by atoms with Crippen LogP contribution >= 0.6 is 0 Å². The van der Waals surface area contributed by atoms with Crippen LogP contribution in [-0.2, 0) is 37.3 Å². The Morgan fingerprint density at radius 1 is 0.623 bits per heavy atom. The predicted molar refractivity (Wildman–Crippen MR) is 218 cm³/mol. The van der Waals surface area contributed by atoms with Crippen molar-refractivity contribution in [1.29, 1.82) is 0 Å². The van der Waals surface area contributed by atoms with Gasteiger partial charge < -0.3 is 10.0 Å². The van der Waals surface area contributed by atoms with Gasteiger partial charge in [0, 0.05) is 44.1 Å². The fourth-order valence-electron chi connectivity index (χ4n) is 6.55. The summed E-state index contributed by atoms with van der Waals surface area (Å²) in [6.45, 7) is 22.0. The average molecular weight is 882 g/mol. The van der Waals surface area contributed by atoms with Gasteiger partial charge in [-0.2, -0.15) is 0 Å². The van der Waals surface area contributed by atoms with Crippen LogP contribution in [0.4, 0.5) is 17.2 Å². The van der Waals surface area contributed by atoms with E-state index in [0.29, 0.717) is 0 Å². The second-order valence-electron chi connectivity index (χ2n) is 17.0. The van der Waals surface area contributed by atoms with Gasteiger partial charge in [0.2, 0.25) is 0 Å². The maximum absolute atomic E-state index is 12.0. The third-order valence-electron chi connectivity index (χ3n) is 9.84. The molecule has 0 saturated carbocycles. The number of benzene rings is 4. The van der Waals surface area contributed by atoms with Gasteiger partial charge in [-0.3, -0.25) is 4.98 Å². The van der Waals surface area contributed by atoms with Crippen molar-refractivity contribution in [3.05, 3.63) is 155 Å². The number of phenolic OH excluding ortho intramolecular Hbond substituents is 1. The molecule has 1 unspecified atom stereocenters. The molecule has 6 aromatic rings. The standard InChI is InChI=1S/C48H52N3O.Pt/c1-32(33-19-13-11-14-20-33)34-25-35(27-39(26-34)51(38-21-15-12-16-22-38)44-23-17-18-24-49-44)42-30-37(47(5,6)7)31-43(50-42)40-28-36(46(2,3)4)29-41(45(40)52)48(8,9)10;/h11-26,28-32,52H,1-10H3;/q-1;. The van der Waals surface area contributed by atoms with Gasteiger partial charge in [-0.15, -0.1) is 29.3 Å². The fraction of sp³-hybridized carbons (Fsp3) is 0.292. The number of rotatable bonds is 7. The molecule has 0 aliphatic carbocycles. The van der Waals surface area contributed by atoms with Crippen molar-refractivity contribution in [3.8, 4) is 28.3 Å². The molecule has 0 bridgehead atoms. The number of aromatic hydroxyl groups is 1. The van der Waals surface area contributed by atoms with E-state index >= 15 is 0 Å². The van der Waals surface area contributed by atoms with E-state index in [0.717, 1.165) is 62.0 Å². The van der Waals surface area contributed by atoms with E-state index in [1.807, 2.05) is 42.6 Å². The summed E-state index contributed by atoms with van der Waals surface area (Å²) in [5.74, 6) is 1.18.